The van der Waals surface area contributed by atoms with Crippen LogP contribution in [0, 0.1) is 0 Å². The van der Waals surface area contributed by atoms with Crippen molar-refractivity contribution in [2.45, 2.75) is 13.0 Å². The van der Waals surface area contributed by atoms with Gasteiger partial charge in [-0.15, -0.1) is 0 Å². The van der Waals surface area contributed by atoms with Crippen LogP contribution in [0.3, 0.4) is 0 Å². The summed E-state index contributed by atoms with van der Waals surface area (Å²) in [4.78, 5) is 11.8. The van der Waals surface area contributed by atoms with Crippen LogP contribution in [-0.2, 0) is 14.3 Å². The highest BCUT2D eigenvalue weighted by Crippen LogP contribution is 2.13. The van der Waals surface area contributed by atoms with Crippen molar-refractivity contribution >= 4 is 5.97 Å². The van der Waals surface area contributed by atoms with Gasteiger partial charge in [-0.2, -0.15) is 0 Å². The predicted molar refractivity (Wildman–Crippen MR) is 65.7 cm³/mol. The fraction of sp³-hybridized carbons (Fsp3) is 0.462. The first-order valence-electron chi connectivity index (χ1n) is 5.73. The first kappa shape index (κ1) is 13.7. The van der Waals surface area contributed by atoms with E-state index >= 15 is 0 Å². The van der Waals surface area contributed by atoms with E-state index in [-0.39, 0.29) is 5.97 Å². The van der Waals surface area contributed by atoms with Gasteiger partial charge in [-0.05, 0) is 12.5 Å². The van der Waals surface area contributed by atoms with Crippen LogP contribution in [0.1, 0.15) is 18.5 Å². The number of nitrogens with one attached hydrogen (secondary N) is 1. The summed E-state index contributed by atoms with van der Waals surface area (Å²) in [7, 11) is 1.63. The quantitative estimate of drug-likeness (QED) is 0.577. The third-order valence-corrected chi connectivity index (χ3v) is 2.31. The minimum absolute atomic E-state index is 0.255. The molecule has 0 saturated carbocycles. The second kappa shape index (κ2) is 7.81. The molecule has 1 rings (SSSR count). The molecule has 17 heavy (non-hydrogen) atoms. The molecule has 0 saturated heterocycles. The lowest BCUT2D eigenvalue weighted by Crippen LogP contribution is -2.32. The molecule has 0 spiro atoms. The molecule has 0 radical (unpaired) electrons. The standard InChI is InChI=1S/C13H19NO3/c1-3-17-13(15)12(14-9-10-16-2)11-7-5-4-6-8-11/h4-8,12,14H,3,9-10H2,1-2H3. The highest BCUT2D eigenvalue weighted by atomic mass is 16.5. The molecule has 0 bridgehead atoms. The summed E-state index contributed by atoms with van der Waals surface area (Å²) in [6.07, 6.45) is 0. The summed E-state index contributed by atoms with van der Waals surface area (Å²) in [5.41, 5.74) is 0.905. The van der Waals surface area contributed by atoms with Gasteiger partial charge in [0.1, 0.15) is 6.04 Å². The lowest BCUT2D eigenvalue weighted by atomic mass is 10.1. The van der Waals surface area contributed by atoms with Gasteiger partial charge in [-0.1, -0.05) is 30.3 Å². The van der Waals surface area contributed by atoms with E-state index in [1.165, 1.54) is 0 Å². The molecule has 4 nitrogen and oxygen atoms in total. The Morgan fingerprint density at radius 2 is 2.06 bits per heavy atom. The number of hydrogen-bond donors (Lipinski definition) is 1. The van der Waals surface area contributed by atoms with E-state index in [4.69, 9.17) is 9.47 Å². The van der Waals surface area contributed by atoms with Gasteiger partial charge < -0.3 is 9.47 Å². The summed E-state index contributed by atoms with van der Waals surface area (Å²) in [5, 5.41) is 3.12. The maximum absolute atomic E-state index is 11.8. The number of carbonyl (C=O) groups excluding carboxylic acids is 1. The zero-order valence-corrected chi connectivity index (χ0v) is 10.3. The van der Waals surface area contributed by atoms with Gasteiger partial charge in [0.25, 0.3) is 0 Å². The molecular formula is C13H19NO3. The number of esters is 1. The summed E-state index contributed by atoms with van der Waals surface area (Å²) in [6.45, 7) is 3.35. The summed E-state index contributed by atoms with van der Waals surface area (Å²) in [5.74, 6) is -0.255. The molecule has 0 amide bonds. The largest absolute Gasteiger partial charge is 0.465 e. The zero-order chi connectivity index (χ0) is 12.5. The fourth-order valence-electron chi connectivity index (χ4n) is 1.51. The molecule has 0 aromatic heterocycles. The Kier molecular flexibility index (Phi) is 6.29. The summed E-state index contributed by atoms with van der Waals surface area (Å²) in [6, 6.07) is 9.11. The molecule has 0 aliphatic rings. The first-order chi connectivity index (χ1) is 8.29. The molecule has 1 aromatic rings. The van der Waals surface area contributed by atoms with Gasteiger partial charge in [0, 0.05) is 13.7 Å². The van der Waals surface area contributed by atoms with Gasteiger partial charge >= 0.3 is 5.97 Å². The van der Waals surface area contributed by atoms with Crippen LogP contribution in [0.25, 0.3) is 0 Å². The monoisotopic (exact) mass is 237 g/mol. The average molecular weight is 237 g/mol. The molecule has 4 heteroatoms. The Bertz CT molecular complexity index is 327. The van der Waals surface area contributed by atoms with Crippen LogP contribution in [0.5, 0.6) is 0 Å². The van der Waals surface area contributed by atoms with Gasteiger partial charge in [0.2, 0.25) is 0 Å². The van der Waals surface area contributed by atoms with E-state index in [1.807, 2.05) is 30.3 Å². The highest BCUT2D eigenvalue weighted by Gasteiger charge is 2.20. The summed E-state index contributed by atoms with van der Waals surface area (Å²) < 4.78 is 10.0. The second-order valence-electron chi connectivity index (χ2n) is 3.54. The van der Waals surface area contributed by atoms with E-state index in [1.54, 1.807) is 14.0 Å². The van der Waals surface area contributed by atoms with Crippen LogP contribution in [0.15, 0.2) is 30.3 Å². The Hall–Kier alpha value is -1.39. The van der Waals surface area contributed by atoms with Crippen molar-refractivity contribution in [3.63, 3.8) is 0 Å². The van der Waals surface area contributed by atoms with Crippen molar-refractivity contribution in [2.24, 2.45) is 0 Å². The third kappa shape index (κ3) is 4.54. The number of benzene rings is 1. The summed E-state index contributed by atoms with van der Waals surface area (Å²) >= 11 is 0. The van der Waals surface area contributed by atoms with Gasteiger partial charge in [-0.25, -0.2) is 4.79 Å². The van der Waals surface area contributed by atoms with E-state index in [2.05, 4.69) is 5.32 Å². The van der Waals surface area contributed by atoms with Crippen LogP contribution in [0.2, 0.25) is 0 Å². The van der Waals surface area contributed by atoms with Gasteiger partial charge in [-0.3, -0.25) is 5.32 Å². The minimum atomic E-state index is -0.425. The van der Waals surface area contributed by atoms with Crippen LogP contribution >= 0.6 is 0 Å². The molecule has 1 N–H and O–H groups in total. The van der Waals surface area contributed by atoms with Crippen LogP contribution in [-0.4, -0.2) is 32.8 Å². The first-order valence-corrected chi connectivity index (χ1v) is 5.73. The smallest absolute Gasteiger partial charge is 0.327 e. The second-order valence-corrected chi connectivity index (χ2v) is 3.54. The van der Waals surface area contributed by atoms with Gasteiger partial charge in [0.15, 0.2) is 0 Å². The zero-order valence-electron chi connectivity index (χ0n) is 10.3. The van der Waals surface area contributed by atoms with E-state index < -0.39 is 6.04 Å². The Balaban J connectivity index is 2.68. The topological polar surface area (TPSA) is 47.6 Å². The van der Waals surface area contributed by atoms with Crippen molar-refractivity contribution < 1.29 is 14.3 Å². The molecule has 0 fully saturated rings. The van der Waals surface area contributed by atoms with Gasteiger partial charge in [0.05, 0.1) is 13.2 Å². The molecule has 0 aliphatic carbocycles. The number of methoxy groups -OCH3 is 1. The number of hydrogen-bond acceptors (Lipinski definition) is 4. The van der Waals surface area contributed by atoms with Crippen molar-refractivity contribution in [3.05, 3.63) is 35.9 Å². The normalized spacial score (nSPS) is 12.1. The predicted octanol–water partition coefficient (Wildman–Crippen LogP) is 1.53. The van der Waals surface area contributed by atoms with Crippen molar-refractivity contribution in [2.75, 3.05) is 26.9 Å². The van der Waals surface area contributed by atoms with Crippen LogP contribution in [0.4, 0.5) is 0 Å². The van der Waals surface area contributed by atoms with E-state index in [0.717, 1.165) is 5.56 Å². The molecule has 1 atom stereocenters. The fourth-order valence-corrected chi connectivity index (χ4v) is 1.51. The van der Waals surface area contributed by atoms with Crippen LogP contribution < -0.4 is 5.32 Å². The lowest BCUT2D eigenvalue weighted by Gasteiger charge is -2.17. The maximum atomic E-state index is 11.8. The number of rotatable bonds is 7. The van der Waals surface area contributed by atoms with E-state index in [9.17, 15) is 4.79 Å². The van der Waals surface area contributed by atoms with Crippen molar-refractivity contribution in [1.29, 1.82) is 0 Å². The number of carbonyl (C=O) groups is 1. The SMILES string of the molecule is CCOC(=O)C(NCCOC)c1ccccc1. The lowest BCUT2D eigenvalue weighted by molar-refractivity contribution is -0.145. The molecule has 94 valence electrons. The third-order valence-electron chi connectivity index (χ3n) is 2.31. The number of ether oxygens (including phenoxy) is 2. The minimum Gasteiger partial charge on any atom is -0.465 e. The Labute approximate surface area is 102 Å². The Morgan fingerprint density at radius 3 is 2.65 bits per heavy atom. The van der Waals surface area contributed by atoms with Crippen molar-refractivity contribution in [3.8, 4) is 0 Å². The average Bonchev–Trinajstić information content (AvgIpc) is 2.36. The Morgan fingerprint density at radius 1 is 1.35 bits per heavy atom. The molecule has 1 unspecified atom stereocenters. The molecule has 0 aliphatic heterocycles. The maximum Gasteiger partial charge on any atom is 0.327 e. The molecular weight excluding hydrogens is 218 g/mol. The highest BCUT2D eigenvalue weighted by molar-refractivity contribution is 5.77. The molecule has 0 heterocycles. The van der Waals surface area contributed by atoms with E-state index in [0.29, 0.717) is 19.8 Å². The molecule has 1 aromatic carbocycles. The van der Waals surface area contributed by atoms with Crippen molar-refractivity contribution in [1.82, 2.24) is 5.32 Å².